The average Bonchev–Trinajstić information content (AvgIpc) is 2.76. The van der Waals surface area contributed by atoms with Crippen molar-refractivity contribution in [2.75, 3.05) is 31.2 Å². The number of nitrogens with zero attached hydrogens (tertiary/aromatic N) is 2. The largest absolute Gasteiger partial charge is 0.395 e. The first-order chi connectivity index (χ1) is 14.0. The van der Waals surface area contributed by atoms with Crippen molar-refractivity contribution in [1.29, 1.82) is 0 Å². The van der Waals surface area contributed by atoms with E-state index in [4.69, 9.17) is 0 Å². The molecule has 1 amide bonds. The lowest BCUT2D eigenvalue weighted by molar-refractivity contribution is -0.164. The van der Waals surface area contributed by atoms with Crippen molar-refractivity contribution in [1.82, 2.24) is 4.90 Å². The van der Waals surface area contributed by atoms with Gasteiger partial charge in [0.05, 0.1) is 18.8 Å². The number of piperidine rings is 1. The molecule has 0 radical (unpaired) electrons. The summed E-state index contributed by atoms with van der Waals surface area (Å²) in [6.45, 7) is 5.96. The SMILES string of the molecule is CC(C)[C@H]1CC[C@@H](N2CCC3(CC2)N(c2ccccc2)C(=O)C3(CO)CO)CC1.Cl. The second-order valence-corrected chi connectivity index (χ2v) is 9.75. The van der Waals surface area contributed by atoms with Crippen LogP contribution in [0.5, 0.6) is 0 Å². The fourth-order valence-electron chi connectivity index (χ4n) is 6.28. The van der Waals surface area contributed by atoms with Crippen molar-refractivity contribution in [2.45, 2.75) is 64.0 Å². The van der Waals surface area contributed by atoms with Crippen LogP contribution in [-0.4, -0.2) is 58.9 Å². The van der Waals surface area contributed by atoms with Gasteiger partial charge in [-0.15, -0.1) is 12.4 Å². The highest BCUT2D eigenvalue weighted by Crippen LogP contribution is 2.56. The summed E-state index contributed by atoms with van der Waals surface area (Å²) in [7, 11) is 0. The summed E-state index contributed by atoms with van der Waals surface area (Å²) in [6, 6.07) is 10.4. The van der Waals surface area contributed by atoms with Gasteiger partial charge in [0.2, 0.25) is 5.91 Å². The maximum absolute atomic E-state index is 13.1. The molecule has 4 rings (SSSR count). The molecule has 2 saturated heterocycles. The van der Waals surface area contributed by atoms with Gasteiger partial charge in [-0.2, -0.15) is 0 Å². The summed E-state index contributed by atoms with van der Waals surface area (Å²) in [5.41, 5.74) is -0.661. The molecule has 0 bridgehead atoms. The minimum atomic E-state index is -1.05. The normalized spacial score (nSPS) is 28.3. The van der Waals surface area contributed by atoms with Crippen LogP contribution in [0, 0.1) is 17.3 Å². The van der Waals surface area contributed by atoms with E-state index in [1.807, 2.05) is 35.2 Å². The predicted molar refractivity (Wildman–Crippen MR) is 122 cm³/mol. The van der Waals surface area contributed by atoms with Crippen molar-refractivity contribution < 1.29 is 15.0 Å². The van der Waals surface area contributed by atoms with E-state index in [-0.39, 0.29) is 31.5 Å². The van der Waals surface area contributed by atoms with Crippen molar-refractivity contribution >= 4 is 24.0 Å². The Balaban J connectivity index is 0.00000256. The van der Waals surface area contributed by atoms with E-state index in [1.54, 1.807) is 0 Å². The maximum Gasteiger partial charge on any atom is 0.240 e. The Bertz CT molecular complexity index is 706. The van der Waals surface area contributed by atoms with Crippen LogP contribution < -0.4 is 4.90 Å². The smallest absolute Gasteiger partial charge is 0.240 e. The zero-order valence-corrected chi connectivity index (χ0v) is 19.1. The molecule has 2 aliphatic heterocycles. The highest BCUT2D eigenvalue weighted by Gasteiger charge is 2.71. The average molecular weight is 437 g/mol. The second-order valence-electron chi connectivity index (χ2n) is 9.75. The zero-order valence-electron chi connectivity index (χ0n) is 18.3. The number of aliphatic hydroxyl groups excluding tert-OH is 2. The van der Waals surface area contributed by atoms with Crippen LogP contribution in [0.1, 0.15) is 52.4 Å². The molecule has 1 saturated carbocycles. The molecule has 3 aliphatic rings. The Morgan fingerprint density at radius 2 is 1.57 bits per heavy atom. The molecule has 5 nitrogen and oxygen atoms in total. The molecule has 1 aromatic rings. The molecule has 1 aromatic carbocycles. The van der Waals surface area contributed by atoms with Crippen LogP contribution in [0.15, 0.2) is 30.3 Å². The maximum atomic E-state index is 13.1. The number of carbonyl (C=O) groups is 1. The summed E-state index contributed by atoms with van der Waals surface area (Å²) in [5.74, 6) is 1.49. The van der Waals surface area contributed by atoms with Crippen LogP contribution in [0.25, 0.3) is 0 Å². The molecule has 2 N–H and O–H groups in total. The molecule has 0 atom stereocenters. The summed E-state index contributed by atoms with van der Waals surface area (Å²) in [6.07, 6.45) is 6.77. The Morgan fingerprint density at radius 1 is 1.00 bits per heavy atom. The van der Waals surface area contributed by atoms with Gasteiger partial charge in [-0.3, -0.25) is 4.79 Å². The molecule has 168 valence electrons. The molecule has 2 heterocycles. The van der Waals surface area contributed by atoms with E-state index < -0.39 is 11.0 Å². The minimum Gasteiger partial charge on any atom is -0.395 e. The summed E-state index contributed by atoms with van der Waals surface area (Å²) in [5, 5.41) is 20.3. The van der Waals surface area contributed by atoms with Gasteiger partial charge in [-0.05, 0) is 62.5 Å². The number of rotatable bonds is 5. The molecule has 1 aliphatic carbocycles. The van der Waals surface area contributed by atoms with Crippen LogP contribution >= 0.6 is 12.4 Å². The van der Waals surface area contributed by atoms with Gasteiger partial charge in [0.1, 0.15) is 5.41 Å². The van der Waals surface area contributed by atoms with Gasteiger partial charge in [0.15, 0.2) is 0 Å². The van der Waals surface area contributed by atoms with Crippen LogP contribution in [0.3, 0.4) is 0 Å². The molecular weight excluding hydrogens is 400 g/mol. The van der Waals surface area contributed by atoms with E-state index >= 15 is 0 Å². The third-order valence-electron chi connectivity index (χ3n) is 8.31. The number of hydrogen-bond donors (Lipinski definition) is 2. The molecule has 0 unspecified atom stereocenters. The van der Waals surface area contributed by atoms with Gasteiger partial charge in [-0.25, -0.2) is 0 Å². The monoisotopic (exact) mass is 436 g/mol. The first kappa shape index (κ1) is 23.5. The number of β-lactam (4-membered cyclic amide) rings is 1. The molecule has 6 heteroatoms. The van der Waals surface area contributed by atoms with Crippen LogP contribution in [0.2, 0.25) is 0 Å². The first-order valence-electron chi connectivity index (χ1n) is 11.3. The molecule has 1 spiro atoms. The van der Waals surface area contributed by atoms with Gasteiger partial charge in [0.25, 0.3) is 0 Å². The summed E-state index contributed by atoms with van der Waals surface area (Å²) >= 11 is 0. The van der Waals surface area contributed by atoms with Gasteiger partial charge in [0, 0.05) is 24.8 Å². The fraction of sp³-hybridized carbons (Fsp3) is 0.708. The number of anilines is 1. The van der Waals surface area contributed by atoms with Gasteiger partial charge >= 0.3 is 0 Å². The number of likely N-dealkylation sites (tertiary alicyclic amines) is 1. The number of halogens is 1. The number of para-hydroxylation sites is 1. The second kappa shape index (κ2) is 9.15. The van der Waals surface area contributed by atoms with Crippen molar-refractivity contribution in [3.8, 4) is 0 Å². The number of hydrogen-bond acceptors (Lipinski definition) is 4. The number of benzene rings is 1. The van der Waals surface area contributed by atoms with E-state index in [9.17, 15) is 15.0 Å². The first-order valence-corrected chi connectivity index (χ1v) is 11.3. The lowest BCUT2D eigenvalue weighted by Gasteiger charge is -2.66. The number of aliphatic hydroxyl groups is 2. The van der Waals surface area contributed by atoms with E-state index in [2.05, 4.69) is 18.7 Å². The molecular formula is C24H37ClN2O3. The number of amides is 1. The van der Waals surface area contributed by atoms with E-state index in [0.717, 1.165) is 43.5 Å². The van der Waals surface area contributed by atoms with Crippen LogP contribution in [0.4, 0.5) is 5.69 Å². The Labute approximate surface area is 186 Å². The highest BCUT2D eigenvalue weighted by atomic mass is 35.5. The standard InChI is InChI=1S/C24H36N2O3.ClH/c1-18(2)19-8-10-20(11-9-19)25-14-12-24(13-15-25)23(16-27,17-28)22(29)26(24)21-6-4-3-5-7-21;/h3-7,18-20,27-28H,8-17H2,1-2H3;1H/t19-,20+;. The van der Waals surface area contributed by atoms with Gasteiger partial charge < -0.3 is 20.0 Å². The summed E-state index contributed by atoms with van der Waals surface area (Å²) in [4.78, 5) is 17.6. The van der Waals surface area contributed by atoms with Gasteiger partial charge in [-0.1, -0.05) is 32.0 Å². The Hall–Kier alpha value is -1.14. The third kappa shape index (κ3) is 3.48. The Morgan fingerprint density at radius 3 is 2.07 bits per heavy atom. The lowest BCUT2D eigenvalue weighted by Crippen LogP contribution is -2.83. The summed E-state index contributed by atoms with van der Waals surface area (Å²) < 4.78 is 0. The fourth-order valence-corrected chi connectivity index (χ4v) is 6.28. The number of carbonyl (C=O) groups excluding carboxylic acids is 1. The third-order valence-corrected chi connectivity index (χ3v) is 8.31. The van der Waals surface area contributed by atoms with E-state index in [1.165, 1.54) is 25.7 Å². The predicted octanol–water partition coefficient (Wildman–Crippen LogP) is 3.48. The van der Waals surface area contributed by atoms with Crippen molar-refractivity contribution in [3.63, 3.8) is 0 Å². The molecule has 0 aromatic heterocycles. The van der Waals surface area contributed by atoms with Crippen molar-refractivity contribution in [3.05, 3.63) is 30.3 Å². The van der Waals surface area contributed by atoms with Crippen molar-refractivity contribution in [2.24, 2.45) is 17.3 Å². The molecule has 30 heavy (non-hydrogen) atoms. The lowest BCUT2D eigenvalue weighted by atomic mass is 9.56. The quantitative estimate of drug-likeness (QED) is 0.693. The minimum absolute atomic E-state index is 0. The van der Waals surface area contributed by atoms with E-state index in [0.29, 0.717) is 6.04 Å². The Kier molecular flexibility index (Phi) is 7.18. The zero-order chi connectivity index (χ0) is 20.6. The topological polar surface area (TPSA) is 64.0 Å². The highest BCUT2D eigenvalue weighted by molar-refractivity contribution is 6.08. The molecule has 3 fully saturated rings. The van der Waals surface area contributed by atoms with Crippen LogP contribution in [-0.2, 0) is 4.79 Å².